The molecule has 5 nitrogen and oxygen atoms in total. The third-order valence-corrected chi connectivity index (χ3v) is 4.58. The summed E-state index contributed by atoms with van der Waals surface area (Å²) in [6, 6.07) is 2.28. The van der Waals surface area contributed by atoms with Gasteiger partial charge in [0.15, 0.2) is 0 Å². The van der Waals surface area contributed by atoms with E-state index in [1.807, 2.05) is 0 Å². The van der Waals surface area contributed by atoms with E-state index < -0.39 is 6.01 Å². The van der Waals surface area contributed by atoms with Crippen LogP contribution in [0.4, 0.5) is 4.39 Å². The number of piperidine rings is 3. The maximum atomic E-state index is 13.0. The van der Waals surface area contributed by atoms with Crippen LogP contribution in [0.2, 0.25) is 0 Å². The fraction of sp³-hybridized carbons (Fsp3) is 0.467. The summed E-state index contributed by atoms with van der Waals surface area (Å²) in [5, 5.41) is 3.62. The molecule has 0 saturated carbocycles. The number of nitrogens with one attached hydrogen (secondary N) is 1. The van der Waals surface area contributed by atoms with Gasteiger partial charge in [-0.2, -0.15) is 4.39 Å². The summed E-state index contributed by atoms with van der Waals surface area (Å²) in [5.74, 6) is 0.344. The van der Waals surface area contributed by atoms with Crippen LogP contribution in [-0.2, 0) is 0 Å². The molecule has 2 bridgehead atoms. The number of rotatable bonds is 2. The van der Waals surface area contributed by atoms with Crippen LogP contribution in [0.5, 0.6) is 0 Å². The van der Waals surface area contributed by atoms with Gasteiger partial charge in [-0.1, -0.05) is 0 Å². The predicted octanol–water partition coefficient (Wildman–Crippen LogP) is 1.79. The highest BCUT2D eigenvalue weighted by atomic mass is 19.1. The molecule has 0 unspecified atom stereocenters. The molecule has 0 spiro atoms. The van der Waals surface area contributed by atoms with Gasteiger partial charge in [0.1, 0.15) is 11.3 Å². The van der Waals surface area contributed by atoms with Gasteiger partial charge >= 0.3 is 0 Å². The average Bonchev–Trinajstić information content (AvgIpc) is 2.87. The number of carbonyl (C=O) groups is 1. The van der Waals surface area contributed by atoms with E-state index in [-0.39, 0.29) is 17.6 Å². The lowest BCUT2D eigenvalue weighted by atomic mass is 9.84. The fourth-order valence-electron chi connectivity index (χ4n) is 3.40. The van der Waals surface area contributed by atoms with E-state index in [9.17, 15) is 9.18 Å². The summed E-state index contributed by atoms with van der Waals surface area (Å²) in [7, 11) is 0. The van der Waals surface area contributed by atoms with Gasteiger partial charge in [0.05, 0.1) is 0 Å². The van der Waals surface area contributed by atoms with Crippen LogP contribution in [0.3, 0.4) is 0 Å². The number of hydrogen-bond acceptors (Lipinski definition) is 4. The van der Waals surface area contributed by atoms with E-state index in [1.54, 1.807) is 0 Å². The second-order valence-corrected chi connectivity index (χ2v) is 5.88. The molecule has 3 aliphatic heterocycles. The Morgan fingerprint density at radius 2 is 2.19 bits per heavy atom. The third kappa shape index (κ3) is 2.29. The smallest absolute Gasteiger partial charge is 0.278 e. The van der Waals surface area contributed by atoms with Crippen molar-refractivity contribution in [3.8, 4) is 0 Å². The summed E-state index contributed by atoms with van der Waals surface area (Å²) < 4.78 is 17.9. The van der Waals surface area contributed by atoms with Crippen LogP contribution in [0.15, 0.2) is 22.7 Å². The van der Waals surface area contributed by atoms with Crippen LogP contribution >= 0.6 is 0 Å². The van der Waals surface area contributed by atoms with Gasteiger partial charge < -0.3 is 14.6 Å². The number of furan rings is 1. The lowest BCUT2D eigenvalue weighted by Gasteiger charge is -2.44. The summed E-state index contributed by atoms with van der Waals surface area (Å²) in [4.78, 5) is 18.8. The van der Waals surface area contributed by atoms with E-state index in [1.165, 1.54) is 18.3 Å². The Balaban J connectivity index is 1.53. The molecule has 0 radical (unpaired) electrons. The zero-order valence-corrected chi connectivity index (χ0v) is 11.5. The summed E-state index contributed by atoms with van der Waals surface area (Å²) in [5.41, 5.74) is 0.620. The van der Waals surface area contributed by atoms with Crippen molar-refractivity contribution in [3.63, 3.8) is 0 Å². The van der Waals surface area contributed by atoms with Crippen molar-refractivity contribution in [2.24, 2.45) is 5.92 Å². The standard InChI is InChI=1S/C15H16FN3O2/c16-14-5-10-7-17-11(6-13(10)21-14)15(20)18-12-8-19-3-1-9(12)2-4-19/h5-7,9,12H,1-4,8H2,(H,18,20)/t12-/m0/s1. The van der Waals surface area contributed by atoms with E-state index in [2.05, 4.69) is 15.2 Å². The second kappa shape index (κ2) is 4.80. The lowest BCUT2D eigenvalue weighted by molar-refractivity contribution is 0.0618. The Morgan fingerprint density at radius 1 is 1.38 bits per heavy atom. The Hall–Kier alpha value is -1.95. The number of halogens is 1. The first-order valence-corrected chi connectivity index (χ1v) is 7.27. The first-order valence-electron chi connectivity index (χ1n) is 7.27. The highest BCUT2D eigenvalue weighted by molar-refractivity contribution is 5.95. The highest BCUT2D eigenvalue weighted by Gasteiger charge is 2.35. The van der Waals surface area contributed by atoms with Crippen LogP contribution in [-0.4, -0.2) is 41.5 Å². The number of fused-ring (bicyclic) bond motifs is 4. The van der Waals surface area contributed by atoms with E-state index >= 15 is 0 Å². The molecule has 1 N–H and O–H groups in total. The fourth-order valence-corrected chi connectivity index (χ4v) is 3.40. The first-order chi connectivity index (χ1) is 10.2. The minimum absolute atomic E-state index is 0.186. The van der Waals surface area contributed by atoms with Crippen molar-refractivity contribution in [2.75, 3.05) is 19.6 Å². The minimum atomic E-state index is -0.665. The van der Waals surface area contributed by atoms with Gasteiger partial charge in [-0.3, -0.25) is 9.78 Å². The topological polar surface area (TPSA) is 58.4 Å². The van der Waals surface area contributed by atoms with Gasteiger partial charge in [0, 0.05) is 36.3 Å². The molecular formula is C15H16FN3O2. The molecule has 5 rings (SSSR count). The molecule has 0 aromatic carbocycles. The normalized spacial score (nSPS) is 28.0. The minimum Gasteiger partial charge on any atom is -0.431 e. The zero-order valence-electron chi connectivity index (χ0n) is 11.5. The van der Waals surface area contributed by atoms with Gasteiger partial charge in [-0.15, -0.1) is 0 Å². The van der Waals surface area contributed by atoms with Crippen LogP contribution < -0.4 is 5.32 Å². The van der Waals surface area contributed by atoms with Crippen molar-refractivity contribution in [2.45, 2.75) is 18.9 Å². The number of hydrogen-bond donors (Lipinski definition) is 1. The average molecular weight is 289 g/mol. The van der Waals surface area contributed by atoms with Crippen molar-refractivity contribution < 1.29 is 13.6 Å². The van der Waals surface area contributed by atoms with E-state index in [4.69, 9.17) is 4.42 Å². The molecule has 3 saturated heterocycles. The maximum absolute atomic E-state index is 13.0. The molecule has 5 heterocycles. The first kappa shape index (κ1) is 12.8. The molecule has 1 amide bonds. The highest BCUT2D eigenvalue weighted by Crippen LogP contribution is 2.27. The molecule has 3 aliphatic rings. The summed E-state index contributed by atoms with van der Waals surface area (Å²) >= 11 is 0. The molecule has 6 heteroatoms. The summed E-state index contributed by atoms with van der Waals surface area (Å²) in [6.07, 6.45) is 3.74. The molecular weight excluding hydrogens is 273 g/mol. The Bertz CT molecular complexity index is 691. The van der Waals surface area contributed by atoms with Crippen molar-refractivity contribution >= 4 is 16.9 Å². The molecule has 0 aliphatic carbocycles. The SMILES string of the molecule is O=C(N[C@H]1CN2CCC1CC2)c1cc2oc(F)cc2cn1. The quantitative estimate of drug-likeness (QED) is 0.915. The number of amides is 1. The molecule has 1 atom stereocenters. The Kier molecular flexibility index (Phi) is 2.92. The van der Waals surface area contributed by atoms with Gasteiger partial charge in [-0.05, 0) is 31.8 Å². The van der Waals surface area contributed by atoms with Gasteiger partial charge in [0.2, 0.25) is 0 Å². The van der Waals surface area contributed by atoms with Crippen molar-refractivity contribution in [3.05, 3.63) is 30.0 Å². The van der Waals surface area contributed by atoms with Crippen molar-refractivity contribution in [1.82, 2.24) is 15.2 Å². The number of carbonyl (C=O) groups excluding carboxylic acids is 1. The van der Waals surface area contributed by atoms with E-state index in [0.29, 0.717) is 16.9 Å². The monoisotopic (exact) mass is 289 g/mol. The Morgan fingerprint density at radius 3 is 2.90 bits per heavy atom. The summed E-state index contributed by atoms with van der Waals surface area (Å²) in [6.45, 7) is 3.17. The largest absolute Gasteiger partial charge is 0.431 e. The lowest BCUT2D eigenvalue weighted by Crippen LogP contribution is -2.57. The van der Waals surface area contributed by atoms with Gasteiger partial charge in [-0.25, -0.2) is 0 Å². The van der Waals surface area contributed by atoms with Crippen LogP contribution in [0.25, 0.3) is 11.0 Å². The molecule has 21 heavy (non-hydrogen) atoms. The van der Waals surface area contributed by atoms with Crippen LogP contribution in [0.1, 0.15) is 23.3 Å². The molecule has 3 fully saturated rings. The molecule has 2 aromatic heterocycles. The van der Waals surface area contributed by atoms with Crippen molar-refractivity contribution in [1.29, 1.82) is 0 Å². The van der Waals surface area contributed by atoms with E-state index in [0.717, 1.165) is 32.5 Å². The van der Waals surface area contributed by atoms with Gasteiger partial charge in [0.25, 0.3) is 11.9 Å². The second-order valence-electron chi connectivity index (χ2n) is 5.88. The maximum Gasteiger partial charge on any atom is 0.278 e. The van der Waals surface area contributed by atoms with Crippen LogP contribution in [0, 0.1) is 11.9 Å². The predicted molar refractivity (Wildman–Crippen MR) is 74.4 cm³/mol. The third-order valence-electron chi connectivity index (χ3n) is 4.58. The Labute approximate surface area is 121 Å². The zero-order chi connectivity index (χ0) is 14.4. The molecule has 110 valence electrons. The number of aromatic nitrogens is 1. The number of pyridine rings is 1. The molecule has 2 aromatic rings. The number of nitrogens with zero attached hydrogens (tertiary/aromatic N) is 2.